The molecule has 0 spiro atoms. The van der Waals surface area contributed by atoms with E-state index in [4.69, 9.17) is 23.2 Å². The number of benzene rings is 2. The van der Waals surface area contributed by atoms with Gasteiger partial charge >= 0.3 is 0 Å². The number of para-hydroxylation sites is 1. The highest BCUT2D eigenvalue weighted by molar-refractivity contribution is 6.33. The molecule has 1 aliphatic rings. The third-order valence-corrected chi connectivity index (χ3v) is 4.36. The van der Waals surface area contributed by atoms with Crippen LogP contribution < -0.4 is 5.32 Å². The van der Waals surface area contributed by atoms with Gasteiger partial charge in [0, 0.05) is 11.1 Å². The molecule has 1 saturated carbocycles. The summed E-state index contributed by atoms with van der Waals surface area (Å²) in [5.41, 5.74) is 1.70. The largest absolute Gasteiger partial charge is 0.379 e. The molecule has 2 aromatic rings. The third-order valence-electron chi connectivity index (χ3n) is 3.79. The van der Waals surface area contributed by atoms with E-state index in [9.17, 15) is 4.39 Å². The van der Waals surface area contributed by atoms with Crippen LogP contribution in [0.5, 0.6) is 0 Å². The van der Waals surface area contributed by atoms with Crippen LogP contribution in [0.1, 0.15) is 24.3 Å². The number of hydrogen-bond acceptors (Lipinski definition) is 1. The van der Waals surface area contributed by atoms with Crippen molar-refractivity contribution in [2.45, 2.75) is 24.8 Å². The first kappa shape index (κ1) is 13.7. The number of halogens is 3. The Morgan fingerprint density at radius 2 is 1.70 bits per heavy atom. The number of hydrogen-bond donors (Lipinski definition) is 1. The standard InChI is InChI=1S/C16H14Cl2FN/c17-12-6-4-10(5-7-12)11-8-13(9-11)20-16-14(18)2-1-3-15(16)19/h1-7,11,13,20H,8-9H2. The van der Waals surface area contributed by atoms with Gasteiger partial charge in [-0.05, 0) is 48.6 Å². The van der Waals surface area contributed by atoms with Gasteiger partial charge in [-0.2, -0.15) is 0 Å². The molecule has 0 aromatic heterocycles. The first-order chi connectivity index (χ1) is 9.63. The van der Waals surface area contributed by atoms with Crippen molar-refractivity contribution >= 4 is 28.9 Å². The van der Waals surface area contributed by atoms with Crippen molar-refractivity contribution < 1.29 is 4.39 Å². The Hall–Kier alpha value is -1.25. The van der Waals surface area contributed by atoms with Gasteiger partial charge in [-0.25, -0.2) is 4.39 Å². The van der Waals surface area contributed by atoms with Gasteiger partial charge in [-0.1, -0.05) is 41.4 Å². The van der Waals surface area contributed by atoms with Crippen LogP contribution in [0.3, 0.4) is 0 Å². The summed E-state index contributed by atoms with van der Waals surface area (Å²) in [5, 5.41) is 4.37. The summed E-state index contributed by atoms with van der Waals surface area (Å²) in [6, 6.07) is 12.9. The summed E-state index contributed by atoms with van der Waals surface area (Å²) < 4.78 is 13.7. The Morgan fingerprint density at radius 3 is 2.35 bits per heavy atom. The Balaban J connectivity index is 1.62. The van der Waals surface area contributed by atoms with Gasteiger partial charge in [0.15, 0.2) is 0 Å². The molecule has 0 saturated heterocycles. The molecule has 1 fully saturated rings. The van der Waals surface area contributed by atoms with E-state index in [1.54, 1.807) is 12.1 Å². The Labute approximate surface area is 127 Å². The van der Waals surface area contributed by atoms with E-state index in [0.29, 0.717) is 16.6 Å². The molecule has 20 heavy (non-hydrogen) atoms. The molecule has 104 valence electrons. The van der Waals surface area contributed by atoms with Crippen LogP contribution >= 0.6 is 23.2 Å². The summed E-state index contributed by atoms with van der Waals surface area (Å²) in [4.78, 5) is 0. The Bertz CT molecular complexity index is 586. The van der Waals surface area contributed by atoms with Crippen LogP contribution in [-0.2, 0) is 0 Å². The van der Waals surface area contributed by atoms with E-state index in [1.165, 1.54) is 11.6 Å². The molecule has 0 aliphatic heterocycles. The van der Waals surface area contributed by atoms with Crippen LogP contribution in [0.15, 0.2) is 42.5 Å². The van der Waals surface area contributed by atoms with Crippen LogP contribution in [0.2, 0.25) is 10.0 Å². The van der Waals surface area contributed by atoms with Crippen LogP contribution in [0.25, 0.3) is 0 Å². The van der Waals surface area contributed by atoms with Gasteiger partial charge in [0.25, 0.3) is 0 Å². The smallest absolute Gasteiger partial charge is 0.147 e. The molecule has 0 heterocycles. The van der Waals surface area contributed by atoms with E-state index in [-0.39, 0.29) is 11.9 Å². The van der Waals surface area contributed by atoms with Crippen molar-refractivity contribution in [2.24, 2.45) is 0 Å². The monoisotopic (exact) mass is 309 g/mol. The van der Waals surface area contributed by atoms with Gasteiger partial charge in [0.1, 0.15) is 5.82 Å². The Morgan fingerprint density at radius 1 is 1.00 bits per heavy atom. The van der Waals surface area contributed by atoms with E-state index in [0.717, 1.165) is 17.9 Å². The molecule has 0 amide bonds. The lowest BCUT2D eigenvalue weighted by atomic mass is 9.76. The summed E-state index contributed by atoms with van der Waals surface area (Å²) in [6.45, 7) is 0. The van der Waals surface area contributed by atoms with Crippen molar-refractivity contribution in [3.8, 4) is 0 Å². The molecule has 0 atom stereocenters. The molecular weight excluding hydrogens is 296 g/mol. The molecule has 4 heteroatoms. The van der Waals surface area contributed by atoms with Crippen LogP contribution in [0, 0.1) is 5.82 Å². The van der Waals surface area contributed by atoms with E-state index >= 15 is 0 Å². The molecule has 1 N–H and O–H groups in total. The van der Waals surface area contributed by atoms with Gasteiger partial charge in [-0.15, -0.1) is 0 Å². The maximum atomic E-state index is 13.7. The van der Waals surface area contributed by atoms with Gasteiger partial charge in [0.2, 0.25) is 0 Å². The first-order valence-corrected chi connectivity index (χ1v) is 7.35. The zero-order valence-corrected chi connectivity index (χ0v) is 12.3. The highest BCUT2D eigenvalue weighted by Crippen LogP contribution is 2.40. The minimum atomic E-state index is -0.299. The van der Waals surface area contributed by atoms with Gasteiger partial charge in [0.05, 0.1) is 10.7 Å². The zero-order valence-electron chi connectivity index (χ0n) is 10.7. The minimum Gasteiger partial charge on any atom is -0.379 e. The second-order valence-electron chi connectivity index (χ2n) is 5.16. The zero-order chi connectivity index (χ0) is 14.1. The SMILES string of the molecule is Fc1cccc(Cl)c1NC1CC(c2ccc(Cl)cc2)C1. The van der Waals surface area contributed by atoms with Crippen molar-refractivity contribution in [3.05, 3.63) is 63.9 Å². The lowest BCUT2D eigenvalue weighted by Crippen LogP contribution is -2.34. The first-order valence-electron chi connectivity index (χ1n) is 6.59. The Kier molecular flexibility index (Phi) is 3.86. The maximum Gasteiger partial charge on any atom is 0.147 e. The predicted molar refractivity (Wildman–Crippen MR) is 82.2 cm³/mol. The summed E-state index contributed by atoms with van der Waals surface area (Å²) in [5.74, 6) is 0.211. The second-order valence-corrected chi connectivity index (χ2v) is 6.00. The molecule has 0 unspecified atom stereocenters. The second kappa shape index (κ2) is 5.63. The topological polar surface area (TPSA) is 12.0 Å². The van der Waals surface area contributed by atoms with Gasteiger partial charge < -0.3 is 5.32 Å². The fourth-order valence-corrected chi connectivity index (χ4v) is 2.93. The van der Waals surface area contributed by atoms with Crippen LogP contribution in [0.4, 0.5) is 10.1 Å². The van der Waals surface area contributed by atoms with Crippen molar-refractivity contribution in [1.82, 2.24) is 0 Å². The van der Waals surface area contributed by atoms with E-state index in [2.05, 4.69) is 17.4 Å². The molecule has 2 aromatic carbocycles. The van der Waals surface area contributed by atoms with E-state index in [1.807, 2.05) is 12.1 Å². The molecule has 0 bridgehead atoms. The molecule has 0 radical (unpaired) electrons. The molecule has 3 rings (SSSR count). The summed E-state index contributed by atoms with van der Waals surface area (Å²) in [7, 11) is 0. The molecular formula is C16H14Cl2FN. The third kappa shape index (κ3) is 2.77. The maximum absolute atomic E-state index is 13.7. The van der Waals surface area contributed by atoms with Crippen molar-refractivity contribution in [1.29, 1.82) is 0 Å². The molecule has 1 nitrogen and oxygen atoms in total. The fraction of sp³-hybridized carbons (Fsp3) is 0.250. The molecule has 1 aliphatic carbocycles. The minimum absolute atomic E-state index is 0.269. The van der Waals surface area contributed by atoms with E-state index < -0.39 is 0 Å². The lowest BCUT2D eigenvalue weighted by Gasteiger charge is -2.37. The predicted octanol–water partition coefficient (Wildman–Crippen LogP) is 5.49. The highest BCUT2D eigenvalue weighted by Gasteiger charge is 2.31. The average molecular weight is 310 g/mol. The number of rotatable bonds is 3. The van der Waals surface area contributed by atoms with Crippen molar-refractivity contribution in [2.75, 3.05) is 5.32 Å². The van der Waals surface area contributed by atoms with Gasteiger partial charge in [-0.3, -0.25) is 0 Å². The normalized spacial score (nSPS) is 21.4. The average Bonchev–Trinajstić information content (AvgIpc) is 2.38. The fourth-order valence-electron chi connectivity index (χ4n) is 2.58. The van der Waals surface area contributed by atoms with Crippen LogP contribution in [-0.4, -0.2) is 6.04 Å². The lowest BCUT2D eigenvalue weighted by molar-refractivity contribution is 0.373. The highest BCUT2D eigenvalue weighted by atomic mass is 35.5. The van der Waals surface area contributed by atoms with Crippen molar-refractivity contribution in [3.63, 3.8) is 0 Å². The number of anilines is 1. The number of nitrogens with one attached hydrogen (secondary N) is 1. The summed E-state index contributed by atoms with van der Waals surface area (Å²) in [6.07, 6.45) is 1.96. The summed E-state index contributed by atoms with van der Waals surface area (Å²) >= 11 is 11.9. The quantitative estimate of drug-likeness (QED) is 0.790.